The molecule has 3 rings (SSSR count). The lowest BCUT2D eigenvalue weighted by atomic mass is 9.89. The topological polar surface area (TPSA) is 96.1 Å². The normalized spacial score (nSPS) is 18.8. The quantitative estimate of drug-likeness (QED) is 0.507. The molecule has 1 unspecified atom stereocenters. The maximum atomic E-state index is 14.6. The number of anilines is 1. The summed E-state index contributed by atoms with van der Waals surface area (Å²) in [5, 5.41) is 25.2. The highest BCUT2D eigenvalue weighted by Crippen LogP contribution is 2.54. The first-order chi connectivity index (χ1) is 14.7. The van der Waals surface area contributed by atoms with Crippen molar-refractivity contribution in [2.24, 2.45) is 10.2 Å². The zero-order valence-electron chi connectivity index (χ0n) is 19.8. The summed E-state index contributed by atoms with van der Waals surface area (Å²) in [5.41, 5.74) is 0.295. The van der Waals surface area contributed by atoms with E-state index in [0.717, 1.165) is 6.42 Å². The maximum absolute atomic E-state index is 14.6. The molecule has 7 nitrogen and oxygen atoms in total. The third-order valence-electron chi connectivity index (χ3n) is 5.30. The van der Waals surface area contributed by atoms with E-state index in [1.54, 1.807) is 17.6 Å². The Morgan fingerprint density at radius 3 is 2.41 bits per heavy atom. The van der Waals surface area contributed by atoms with Gasteiger partial charge in [0.2, 0.25) is 5.88 Å². The van der Waals surface area contributed by atoms with Crippen molar-refractivity contribution in [2.45, 2.75) is 66.8 Å². The first kappa shape index (κ1) is 24.3. The zero-order chi connectivity index (χ0) is 24.1. The van der Waals surface area contributed by atoms with Gasteiger partial charge in [-0.25, -0.2) is 4.39 Å². The molecule has 9 heteroatoms. The summed E-state index contributed by atoms with van der Waals surface area (Å²) in [5.74, 6) is -1.06. The number of rotatable bonds is 5. The third-order valence-corrected chi connectivity index (χ3v) is 7.39. The molecule has 0 saturated carbocycles. The van der Waals surface area contributed by atoms with Crippen molar-refractivity contribution in [3.05, 3.63) is 35.3 Å². The maximum Gasteiger partial charge on any atom is 0.351 e. The second-order valence-corrected chi connectivity index (χ2v) is 12.2. The number of nitrogens with one attached hydrogen (secondary N) is 1. The number of nitrogens with zero attached hydrogens (tertiary/aromatic N) is 2. The summed E-state index contributed by atoms with van der Waals surface area (Å²) < 4.78 is 39.4. The smallest absolute Gasteiger partial charge is 0.351 e. The van der Waals surface area contributed by atoms with Gasteiger partial charge in [0.25, 0.3) is 0 Å². The molecule has 176 valence electrons. The molecule has 0 fully saturated rings. The van der Waals surface area contributed by atoms with Crippen LogP contribution in [0.3, 0.4) is 0 Å². The number of halogens is 1. The highest BCUT2D eigenvalue weighted by atomic mass is 31.2. The van der Waals surface area contributed by atoms with E-state index < -0.39 is 18.8 Å². The van der Waals surface area contributed by atoms with Gasteiger partial charge in [0.15, 0.2) is 11.6 Å². The Hall–Kier alpha value is -2.31. The van der Waals surface area contributed by atoms with E-state index in [4.69, 9.17) is 4.52 Å². The van der Waals surface area contributed by atoms with Crippen molar-refractivity contribution in [3.63, 3.8) is 0 Å². The van der Waals surface area contributed by atoms with Crippen molar-refractivity contribution in [3.8, 4) is 11.6 Å². The van der Waals surface area contributed by atoms with Crippen LogP contribution in [0.1, 0.15) is 66.1 Å². The van der Waals surface area contributed by atoms with Gasteiger partial charge in [0.05, 0.1) is 18.0 Å². The minimum absolute atomic E-state index is 0.00336. The third kappa shape index (κ3) is 4.44. The molecular formula is C23H33FN3O4P. The molecule has 2 aromatic rings. The average molecular weight is 466 g/mol. The summed E-state index contributed by atoms with van der Waals surface area (Å²) in [7, 11) is -3.97. The van der Waals surface area contributed by atoms with E-state index in [-0.39, 0.29) is 46.0 Å². The van der Waals surface area contributed by atoms with Crippen LogP contribution in [0.2, 0.25) is 0 Å². The highest BCUT2D eigenvalue weighted by molar-refractivity contribution is 7.66. The zero-order valence-corrected chi connectivity index (χ0v) is 20.7. The van der Waals surface area contributed by atoms with E-state index in [0.29, 0.717) is 12.2 Å². The standard InChI is InChI=1S/C23H33FN3O4P/c1-8-31-32(30)18-14(24)10-9-11-15(18)25-20(26-32)16-17(28)19(23(5,6)7)27(21(16)29)13-12-22(2,3)4/h9-11,28-29H,8,12-13H2,1-7H3,(H,25,26,30). The van der Waals surface area contributed by atoms with E-state index >= 15 is 0 Å². The van der Waals surface area contributed by atoms with Gasteiger partial charge in [-0.3, -0.25) is 4.57 Å². The molecule has 1 aliphatic heterocycles. The lowest BCUT2D eigenvalue weighted by molar-refractivity contribution is 0.319. The molecule has 0 bridgehead atoms. The lowest BCUT2D eigenvalue weighted by Gasteiger charge is -2.25. The molecule has 2 heterocycles. The van der Waals surface area contributed by atoms with E-state index in [1.807, 2.05) is 20.8 Å². The second-order valence-electron chi connectivity index (χ2n) is 10.3. The monoisotopic (exact) mass is 465 g/mol. The molecule has 1 aromatic carbocycles. The molecule has 32 heavy (non-hydrogen) atoms. The van der Waals surface area contributed by atoms with Crippen molar-refractivity contribution in [1.82, 2.24) is 4.57 Å². The Balaban J connectivity index is 2.23. The first-order valence-corrected chi connectivity index (χ1v) is 12.3. The number of benzene rings is 1. The number of hydrogen-bond acceptors (Lipinski definition) is 5. The van der Waals surface area contributed by atoms with Crippen LogP contribution in [0.4, 0.5) is 10.1 Å². The van der Waals surface area contributed by atoms with Gasteiger partial charge in [-0.05, 0) is 30.9 Å². The number of fused-ring (bicyclic) bond motifs is 1. The minimum atomic E-state index is -3.97. The number of aromatic nitrogens is 1. The predicted molar refractivity (Wildman–Crippen MR) is 126 cm³/mol. The Morgan fingerprint density at radius 1 is 1.19 bits per heavy atom. The largest absolute Gasteiger partial charge is 0.505 e. The molecule has 1 aromatic heterocycles. The molecule has 1 aliphatic rings. The van der Waals surface area contributed by atoms with Crippen LogP contribution < -0.4 is 10.6 Å². The average Bonchev–Trinajstić information content (AvgIpc) is 2.89. The van der Waals surface area contributed by atoms with Gasteiger partial charge >= 0.3 is 7.52 Å². The molecule has 3 N–H and O–H groups in total. The van der Waals surface area contributed by atoms with Crippen LogP contribution in [-0.2, 0) is 21.0 Å². The molecule has 0 radical (unpaired) electrons. The fourth-order valence-corrected chi connectivity index (χ4v) is 5.68. The fraction of sp³-hybridized carbons (Fsp3) is 0.522. The van der Waals surface area contributed by atoms with Crippen LogP contribution in [0.5, 0.6) is 11.6 Å². The first-order valence-electron chi connectivity index (χ1n) is 10.8. The Labute approximate surface area is 188 Å². The summed E-state index contributed by atoms with van der Waals surface area (Å²) >= 11 is 0. The van der Waals surface area contributed by atoms with Crippen molar-refractivity contribution >= 4 is 24.3 Å². The molecule has 0 amide bonds. The Kier molecular flexibility index (Phi) is 6.26. The van der Waals surface area contributed by atoms with Gasteiger partial charge in [-0.15, -0.1) is 0 Å². The van der Waals surface area contributed by atoms with Crippen molar-refractivity contribution in [1.29, 1.82) is 0 Å². The molecule has 0 spiro atoms. The van der Waals surface area contributed by atoms with E-state index in [9.17, 15) is 19.2 Å². The number of amidine groups is 1. The van der Waals surface area contributed by atoms with Crippen LogP contribution in [0, 0.1) is 11.2 Å². The van der Waals surface area contributed by atoms with Crippen LogP contribution >= 0.6 is 7.52 Å². The Morgan fingerprint density at radius 2 is 1.84 bits per heavy atom. The molecule has 0 saturated heterocycles. The highest BCUT2D eigenvalue weighted by Gasteiger charge is 2.40. The minimum Gasteiger partial charge on any atom is -0.505 e. The summed E-state index contributed by atoms with van der Waals surface area (Å²) in [6.07, 6.45) is 0.753. The van der Waals surface area contributed by atoms with Gasteiger partial charge in [-0.2, -0.15) is 4.76 Å². The fourth-order valence-electron chi connectivity index (χ4n) is 3.85. The van der Waals surface area contributed by atoms with Gasteiger partial charge in [0, 0.05) is 12.0 Å². The SMILES string of the molecule is CCOP1(=O)N=C(c2c(O)c(C(C)(C)C)n(CCC(C)(C)C)c2O)Nc2cccc(F)c21. The summed E-state index contributed by atoms with van der Waals surface area (Å²) in [6.45, 7) is 14.3. The summed E-state index contributed by atoms with van der Waals surface area (Å²) in [6, 6.07) is 4.24. The molecular weight excluding hydrogens is 432 g/mol. The lowest BCUT2D eigenvalue weighted by Crippen LogP contribution is -2.27. The Bertz CT molecular complexity index is 1110. The summed E-state index contributed by atoms with van der Waals surface area (Å²) in [4.78, 5) is 0. The van der Waals surface area contributed by atoms with Gasteiger partial charge in [0.1, 0.15) is 16.7 Å². The van der Waals surface area contributed by atoms with Crippen molar-refractivity contribution < 1.29 is 23.7 Å². The second kappa shape index (κ2) is 8.23. The molecule has 0 aliphatic carbocycles. The van der Waals surface area contributed by atoms with E-state index in [1.165, 1.54) is 12.1 Å². The van der Waals surface area contributed by atoms with Crippen molar-refractivity contribution in [2.75, 3.05) is 11.9 Å². The van der Waals surface area contributed by atoms with Crippen LogP contribution in [0.15, 0.2) is 23.0 Å². The number of aromatic hydroxyl groups is 2. The van der Waals surface area contributed by atoms with Gasteiger partial charge < -0.3 is 24.6 Å². The number of hydrogen-bond donors (Lipinski definition) is 3. The predicted octanol–water partition coefficient (Wildman–Crippen LogP) is 5.50. The van der Waals surface area contributed by atoms with E-state index in [2.05, 4.69) is 30.9 Å². The molecule has 1 atom stereocenters. The van der Waals surface area contributed by atoms with Crippen LogP contribution in [-0.4, -0.2) is 27.2 Å². The van der Waals surface area contributed by atoms with Crippen LogP contribution in [0.25, 0.3) is 0 Å². The van der Waals surface area contributed by atoms with Gasteiger partial charge in [-0.1, -0.05) is 47.6 Å².